The number of rotatable bonds is 2. The predicted octanol–water partition coefficient (Wildman–Crippen LogP) is 1.86. The zero-order valence-electron chi connectivity index (χ0n) is 10.8. The van der Waals surface area contributed by atoms with Gasteiger partial charge in [-0.05, 0) is 39.0 Å². The molecule has 0 aliphatic heterocycles. The highest BCUT2D eigenvalue weighted by Gasteiger charge is 2.20. The van der Waals surface area contributed by atoms with E-state index in [0.717, 1.165) is 6.07 Å². The maximum absolute atomic E-state index is 11.6. The minimum absolute atomic E-state index is 0.142. The van der Waals surface area contributed by atoms with Crippen molar-refractivity contribution in [2.24, 2.45) is 0 Å². The smallest absolute Gasteiger partial charge is 0.412 e. The Balaban J connectivity index is 3.07. The van der Waals surface area contributed by atoms with Crippen molar-refractivity contribution < 1.29 is 22.5 Å². The maximum Gasteiger partial charge on any atom is 0.412 e. The summed E-state index contributed by atoms with van der Waals surface area (Å²) >= 11 is 0. The van der Waals surface area contributed by atoms with Crippen LogP contribution in [0, 0.1) is 0 Å². The zero-order chi connectivity index (χ0) is 14.8. The molecule has 0 atom stereocenters. The number of nitrogen functional groups attached to an aromatic ring is 1. The SMILES string of the molecule is CC(C)(C)OC(=O)Nc1cc(N)ccc1S(=O)(=O)O. The third-order valence-electron chi connectivity index (χ3n) is 1.92. The van der Waals surface area contributed by atoms with E-state index in [1.165, 1.54) is 12.1 Å². The average molecular weight is 288 g/mol. The van der Waals surface area contributed by atoms with E-state index in [1.54, 1.807) is 20.8 Å². The average Bonchev–Trinajstić information content (AvgIpc) is 2.11. The van der Waals surface area contributed by atoms with E-state index in [2.05, 4.69) is 5.32 Å². The van der Waals surface area contributed by atoms with Crippen LogP contribution in [-0.4, -0.2) is 24.7 Å². The predicted molar refractivity (Wildman–Crippen MR) is 70.5 cm³/mol. The lowest BCUT2D eigenvalue weighted by molar-refractivity contribution is 0.0635. The molecule has 0 spiro atoms. The lowest BCUT2D eigenvalue weighted by atomic mass is 10.2. The van der Waals surface area contributed by atoms with Gasteiger partial charge >= 0.3 is 6.09 Å². The van der Waals surface area contributed by atoms with Gasteiger partial charge in [-0.1, -0.05) is 0 Å². The van der Waals surface area contributed by atoms with Gasteiger partial charge in [0.2, 0.25) is 0 Å². The van der Waals surface area contributed by atoms with Gasteiger partial charge in [0.25, 0.3) is 10.1 Å². The van der Waals surface area contributed by atoms with Crippen LogP contribution in [0.3, 0.4) is 0 Å². The van der Waals surface area contributed by atoms with E-state index in [0.29, 0.717) is 0 Å². The molecular weight excluding hydrogens is 272 g/mol. The second kappa shape index (κ2) is 5.06. The van der Waals surface area contributed by atoms with Crippen molar-refractivity contribution in [2.75, 3.05) is 11.1 Å². The van der Waals surface area contributed by atoms with Crippen LogP contribution in [0.25, 0.3) is 0 Å². The van der Waals surface area contributed by atoms with E-state index in [-0.39, 0.29) is 11.4 Å². The van der Waals surface area contributed by atoms with Gasteiger partial charge < -0.3 is 10.5 Å². The van der Waals surface area contributed by atoms with Gasteiger partial charge in [0, 0.05) is 5.69 Å². The minimum Gasteiger partial charge on any atom is -0.444 e. The molecule has 0 aromatic heterocycles. The first-order valence-corrected chi connectivity index (χ1v) is 6.80. The molecule has 1 rings (SSSR count). The van der Waals surface area contributed by atoms with Crippen molar-refractivity contribution >= 4 is 27.6 Å². The second-order valence-corrected chi connectivity index (χ2v) is 6.25. The molecule has 0 fully saturated rings. The lowest BCUT2D eigenvalue weighted by Gasteiger charge is -2.20. The largest absolute Gasteiger partial charge is 0.444 e. The van der Waals surface area contributed by atoms with E-state index >= 15 is 0 Å². The number of hydrogen-bond donors (Lipinski definition) is 3. The zero-order valence-corrected chi connectivity index (χ0v) is 11.6. The van der Waals surface area contributed by atoms with Gasteiger partial charge in [0.05, 0.1) is 5.69 Å². The monoisotopic (exact) mass is 288 g/mol. The molecule has 7 nitrogen and oxygen atoms in total. The van der Waals surface area contributed by atoms with Crippen molar-refractivity contribution in [2.45, 2.75) is 31.3 Å². The molecule has 1 amide bonds. The number of nitrogens with two attached hydrogens (primary N) is 1. The standard InChI is InChI=1S/C11H16N2O5S/c1-11(2,3)18-10(14)13-8-6-7(12)4-5-9(8)19(15,16)17/h4-6H,12H2,1-3H3,(H,13,14)(H,15,16,17). The molecule has 0 bridgehead atoms. The number of anilines is 2. The molecule has 0 radical (unpaired) electrons. The molecule has 0 aliphatic carbocycles. The molecule has 106 valence electrons. The minimum atomic E-state index is -4.47. The van der Waals surface area contributed by atoms with Crippen LogP contribution in [0.5, 0.6) is 0 Å². The van der Waals surface area contributed by atoms with E-state index in [4.69, 9.17) is 15.0 Å². The van der Waals surface area contributed by atoms with Crippen molar-refractivity contribution in [3.63, 3.8) is 0 Å². The van der Waals surface area contributed by atoms with Crippen molar-refractivity contribution in [1.29, 1.82) is 0 Å². The summed E-state index contributed by atoms with van der Waals surface area (Å²) in [6.45, 7) is 4.99. The fourth-order valence-electron chi connectivity index (χ4n) is 1.28. The molecule has 19 heavy (non-hydrogen) atoms. The topological polar surface area (TPSA) is 119 Å². The quantitative estimate of drug-likeness (QED) is 0.564. The first-order chi connectivity index (χ1) is 8.49. The highest BCUT2D eigenvalue weighted by Crippen LogP contribution is 2.24. The Kier molecular flexibility index (Phi) is 4.06. The molecule has 0 saturated heterocycles. The Morgan fingerprint density at radius 1 is 1.37 bits per heavy atom. The van der Waals surface area contributed by atoms with Crippen LogP contribution >= 0.6 is 0 Å². The fourth-order valence-corrected chi connectivity index (χ4v) is 1.91. The second-order valence-electron chi connectivity index (χ2n) is 4.86. The van der Waals surface area contributed by atoms with Crippen molar-refractivity contribution in [3.05, 3.63) is 18.2 Å². The van der Waals surface area contributed by atoms with Crippen LogP contribution in [-0.2, 0) is 14.9 Å². The summed E-state index contributed by atoms with van der Waals surface area (Å²) in [5.74, 6) is 0. The van der Waals surface area contributed by atoms with Crippen molar-refractivity contribution in [3.8, 4) is 0 Å². The number of carbonyl (C=O) groups is 1. The van der Waals surface area contributed by atoms with Crippen molar-refractivity contribution in [1.82, 2.24) is 0 Å². The third-order valence-corrected chi connectivity index (χ3v) is 2.83. The van der Waals surface area contributed by atoms with E-state index in [1.807, 2.05) is 0 Å². The molecule has 0 heterocycles. The first kappa shape index (κ1) is 15.3. The Morgan fingerprint density at radius 3 is 2.42 bits per heavy atom. The molecule has 0 saturated carbocycles. The number of benzene rings is 1. The third kappa shape index (κ3) is 4.76. The molecule has 4 N–H and O–H groups in total. The number of hydrogen-bond acceptors (Lipinski definition) is 5. The molecule has 1 aromatic carbocycles. The van der Waals surface area contributed by atoms with Gasteiger partial charge in [0.15, 0.2) is 0 Å². The van der Waals surface area contributed by atoms with Crippen LogP contribution in [0.1, 0.15) is 20.8 Å². The Morgan fingerprint density at radius 2 is 1.95 bits per heavy atom. The summed E-state index contributed by atoms with van der Waals surface area (Å²) in [6, 6.07) is 3.60. The molecule has 1 aromatic rings. The van der Waals surface area contributed by atoms with Gasteiger partial charge in [-0.25, -0.2) is 4.79 Å². The Bertz CT molecular complexity index is 590. The number of amides is 1. The number of nitrogens with one attached hydrogen (secondary N) is 1. The van der Waals surface area contributed by atoms with Gasteiger partial charge in [-0.3, -0.25) is 9.87 Å². The van der Waals surface area contributed by atoms with Crippen LogP contribution in [0.4, 0.5) is 16.2 Å². The van der Waals surface area contributed by atoms with E-state index < -0.39 is 26.7 Å². The number of ether oxygens (including phenoxy) is 1. The van der Waals surface area contributed by atoms with Crippen LogP contribution < -0.4 is 11.1 Å². The molecule has 8 heteroatoms. The summed E-state index contributed by atoms with van der Waals surface area (Å²) < 4.78 is 36.3. The summed E-state index contributed by atoms with van der Waals surface area (Å²) in [5.41, 5.74) is 4.86. The lowest BCUT2D eigenvalue weighted by Crippen LogP contribution is -2.27. The van der Waals surface area contributed by atoms with Crippen LogP contribution in [0.15, 0.2) is 23.1 Å². The molecular formula is C11H16N2O5S. The Hall–Kier alpha value is -1.80. The maximum atomic E-state index is 11.6. The van der Waals surface area contributed by atoms with Crippen LogP contribution in [0.2, 0.25) is 0 Å². The highest BCUT2D eigenvalue weighted by molar-refractivity contribution is 7.86. The summed E-state index contributed by atoms with van der Waals surface area (Å²) in [5, 5.41) is 2.23. The summed E-state index contributed by atoms with van der Waals surface area (Å²) in [4.78, 5) is 11.1. The normalized spacial score (nSPS) is 12.0. The van der Waals surface area contributed by atoms with Gasteiger partial charge in [-0.2, -0.15) is 8.42 Å². The Labute approximate surface area is 111 Å². The first-order valence-electron chi connectivity index (χ1n) is 5.36. The van der Waals surface area contributed by atoms with E-state index in [9.17, 15) is 13.2 Å². The molecule has 0 unspecified atom stereocenters. The molecule has 0 aliphatic rings. The van der Waals surface area contributed by atoms with Gasteiger partial charge in [-0.15, -0.1) is 0 Å². The van der Waals surface area contributed by atoms with Gasteiger partial charge in [0.1, 0.15) is 10.5 Å². The fraction of sp³-hybridized carbons (Fsp3) is 0.364. The number of carbonyl (C=O) groups excluding carboxylic acids is 1. The summed E-state index contributed by atoms with van der Waals surface area (Å²) in [7, 11) is -4.47. The highest BCUT2D eigenvalue weighted by atomic mass is 32.2. The summed E-state index contributed by atoms with van der Waals surface area (Å²) in [6.07, 6.45) is -0.844.